The van der Waals surface area contributed by atoms with Crippen molar-refractivity contribution in [1.82, 2.24) is 18.9 Å². The molecule has 5 aromatic rings. The van der Waals surface area contributed by atoms with Crippen molar-refractivity contribution >= 4 is 56.7 Å². The molecule has 8 aliphatic rings. The number of allylic oxidation sites excluding steroid dienone is 4. The predicted octanol–water partition coefficient (Wildman–Crippen LogP) is 6.93. The fourth-order valence-electron chi connectivity index (χ4n) is 16.8. The van der Waals surface area contributed by atoms with Crippen molar-refractivity contribution in [2.75, 3.05) is 69.9 Å². The Balaban J connectivity index is 0.687. The van der Waals surface area contributed by atoms with E-state index < -0.39 is 92.2 Å². The zero-order valence-electron chi connectivity index (χ0n) is 50.4. The zero-order chi connectivity index (χ0) is 62.4. The summed E-state index contributed by atoms with van der Waals surface area (Å²) in [5, 5.41) is 34.2. The van der Waals surface area contributed by atoms with Gasteiger partial charge in [0, 0.05) is 92.6 Å². The molecule has 6 aliphatic carbocycles. The van der Waals surface area contributed by atoms with E-state index in [0.29, 0.717) is 87.4 Å². The van der Waals surface area contributed by atoms with E-state index in [1.807, 2.05) is 36.6 Å². The molecule has 2 saturated heterocycles. The summed E-state index contributed by atoms with van der Waals surface area (Å²) in [6.07, 6.45) is 11.8. The van der Waals surface area contributed by atoms with Crippen LogP contribution in [0.5, 0.6) is 11.5 Å². The van der Waals surface area contributed by atoms with E-state index in [1.54, 1.807) is 28.2 Å². The third-order valence-electron chi connectivity index (χ3n) is 21.6. The molecule has 21 nitrogen and oxygen atoms in total. The van der Waals surface area contributed by atoms with E-state index in [1.165, 1.54) is 26.6 Å². The van der Waals surface area contributed by atoms with Crippen molar-refractivity contribution in [3.63, 3.8) is 0 Å². The second-order valence-corrected chi connectivity index (χ2v) is 26.5. The normalized spacial score (nSPS) is 29.9. The van der Waals surface area contributed by atoms with Gasteiger partial charge in [-0.25, -0.2) is 23.2 Å². The number of hydrogen-bond donors (Lipinski definition) is 3. The van der Waals surface area contributed by atoms with Crippen LogP contribution < -0.4 is 36.0 Å². The fourth-order valence-corrected chi connectivity index (χ4v) is 16.8. The molecule has 3 aromatic heterocycles. The number of aromatic nitrogens is 2. The van der Waals surface area contributed by atoms with Crippen LogP contribution in [0.3, 0.4) is 0 Å². The first kappa shape index (κ1) is 59.5. The highest BCUT2D eigenvalue weighted by Gasteiger charge is 2.70. The van der Waals surface area contributed by atoms with Crippen molar-refractivity contribution in [2.45, 2.75) is 135 Å². The largest absolute Gasteiger partial charge is 0.519 e. The van der Waals surface area contributed by atoms with Crippen LogP contribution in [-0.4, -0.2) is 142 Å². The highest BCUT2D eigenvalue weighted by Crippen LogP contribution is 2.68. The third-order valence-corrected chi connectivity index (χ3v) is 21.6. The Kier molecular flexibility index (Phi) is 14.6. The Bertz CT molecular complexity index is 4030. The van der Waals surface area contributed by atoms with Crippen LogP contribution in [0.15, 0.2) is 71.5 Å². The minimum atomic E-state index is -1.98. The summed E-state index contributed by atoms with van der Waals surface area (Å²) >= 11 is 0. The van der Waals surface area contributed by atoms with Crippen LogP contribution in [0.25, 0.3) is 21.8 Å². The number of anilines is 2. The number of ketones is 2. The van der Waals surface area contributed by atoms with Crippen molar-refractivity contribution in [1.29, 1.82) is 0 Å². The Morgan fingerprint density at radius 2 is 1.27 bits per heavy atom. The number of esters is 1. The number of ether oxygens (including phenoxy) is 3. The lowest BCUT2D eigenvalue weighted by Crippen LogP contribution is -2.62. The molecular formula is C65H74F2N6O15. The number of methoxy groups -OCH3 is 2. The predicted molar refractivity (Wildman–Crippen MR) is 317 cm³/mol. The number of pyridine rings is 2. The van der Waals surface area contributed by atoms with Crippen LogP contribution in [0.4, 0.5) is 20.2 Å². The van der Waals surface area contributed by atoms with Crippen LogP contribution in [0, 0.1) is 46.1 Å². The van der Waals surface area contributed by atoms with Gasteiger partial charge in [-0.2, -0.15) is 0 Å². The van der Waals surface area contributed by atoms with Gasteiger partial charge in [0.05, 0.1) is 55.2 Å². The molecule has 0 amide bonds. The summed E-state index contributed by atoms with van der Waals surface area (Å²) in [6, 6.07) is 1.51. The Morgan fingerprint density at radius 3 is 1.77 bits per heavy atom. The number of nitrogens with zero attached hydrogens (tertiary/aromatic N) is 6. The van der Waals surface area contributed by atoms with Gasteiger partial charge in [-0.3, -0.25) is 29.0 Å². The third kappa shape index (κ3) is 9.36. The number of halogens is 2. The number of benzene rings is 2. The highest BCUT2D eigenvalue weighted by atomic mass is 19.1. The summed E-state index contributed by atoms with van der Waals surface area (Å²) in [4.78, 5) is 101. The van der Waals surface area contributed by atoms with E-state index >= 15 is 8.78 Å². The number of aliphatic hydroxyl groups excluding tert-OH is 1. The molecule has 0 radical (unpaired) electrons. The molecule has 5 heterocycles. The highest BCUT2D eigenvalue weighted by molar-refractivity contribution is 6.02. The number of carboxylic acids is 1. The van der Waals surface area contributed by atoms with E-state index in [0.717, 1.165) is 30.5 Å². The molecule has 10 atom stereocenters. The number of aliphatic hydroxyl groups is 2. The van der Waals surface area contributed by atoms with Gasteiger partial charge >= 0.3 is 17.8 Å². The summed E-state index contributed by atoms with van der Waals surface area (Å²) < 4.78 is 65.5. The minimum Gasteiger partial charge on any atom is -0.492 e. The number of aromatic carboxylic acids is 1. The number of carboxylic acid groups (broad SMARTS) is 1. The quantitative estimate of drug-likeness (QED) is 0.0898. The van der Waals surface area contributed by atoms with Crippen LogP contribution in [0.1, 0.15) is 130 Å². The van der Waals surface area contributed by atoms with E-state index in [4.69, 9.17) is 23.0 Å². The zero-order valence-corrected chi connectivity index (χ0v) is 50.4. The van der Waals surface area contributed by atoms with Gasteiger partial charge in [0.1, 0.15) is 28.1 Å². The molecule has 88 heavy (non-hydrogen) atoms. The Labute approximate surface area is 504 Å². The van der Waals surface area contributed by atoms with Gasteiger partial charge < -0.3 is 57.3 Å². The second-order valence-electron chi connectivity index (χ2n) is 26.5. The smallest absolute Gasteiger partial charge is 0.492 e. The number of Topliss-reactive ketones (excluding diaryl/α,β-unsaturated/α-hetero) is 1. The molecule has 2 aromatic carbocycles. The average molecular weight is 1220 g/mol. The van der Waals surface area contributed by atoms with Gasteiger partial charge in [0.2, 0.25) is 16.6 Å². The maximum atomic E-state index is 16.9. The second kappa shape index (κ2) is 21.6. The number of piperazine rings is 2. The maximum absolute atomic E-state index is 16.9. The fraction of sp³-hybridized carbons (Fsp3) is 0.554. The molecule has 23 heteroatoms. The summed E-state index contributed by atoms with van der Waals surface area (Å²) in [5.74, 6) is -5.76. The molecule has 3 N–H and O–H groups in total. The molecule has 13 rings (SSSR count). The number of carbonyl (C=O) groups excluding carboxylic acids is 3. The van der Waals surface area contributed by atoms with Crippen molar-refractivity contribution in [2.24, 2.45) is 34.5 Å². The first-order valence-corrected chi connectivity index (χ1v) is 30.7. The van der Waals surface area contributed by atoms with E-state index in [2.05, 4.69) is 16.7 Å². The first-order valence-electron chi connectivity index (χ1n) is 30.7. The number of hydrogen-bond acceptors (Lipinski definition) is 18. The molecule has 0 bridgehead atoms. The average Bonchev–Trinajstić information content (AvgIpc) is 1.45. The van der Waals surface area contributed by atoms with E-state index in [-0.39, 0.29) is 107 Å². The van der Waals surface area contributed by atoms with Crippen molar-refractivity contribution < 1.29 is 66.3 Å². The van der Waals surface area contributed by atoms with Crippen LogP contribution >= 0.6 is 0 Å². The lowest BCUT2D eigenvalue weighted by atomic mass is 9.46. The molecular weight excluding hydrogens is 1140 g/mol. The SMILES string of the molecule is COc1c(N2CCN(Cc3oc(=O)oc3CN3CCN(c4c(F)cc5c(=O)c(C(=O)OCC(=O)[C@@]6(O)[C@H](C)CC7C8CCC9=CC(=O)C=CC9(C)C8C(O)CC76C)cn(C6CC6)c5c4OC)CC3C)C(C)C2)c(F)cc2c(=O)c(C(=O)O)cn(C3CC3)c12. The van der Waals surface area contributed by atoms with Gasteiger partial charge in [0.15, 0.2) is 47.0 Å². The van der Waals surface area contributed by atoms with Gasteiger partial charge in [-0.05, 0) is 107 Å². The molecule has 468 valence electrons. The van der Waals surface area contributed by atoms with Gasteiger partial charge in [-0.1, -0.05) is 32.4 Å². The molecule has 7 fully saturated rings. The number of fused-ring (bicyclic) bond motifs is 7. The Morgan fingerprint density at radius 1 is 0.750 bits per heavy atom. The van der Waals surface area contributed by atoms with Crippen molar-refractivity contribution in [3.8, 4) is 11.5 Å². The van der Waals surface area contributed by atoms with Crippen molar-refractivity contribution in [3.05, 3.63) is 114 Å². The summed E-state index contributed by atoms with van der Waals surface area (Å²) in [5.41, 5.74) is -4.15. The molecule has 8 unspecified atom stereocenters. The minimum absolute atomic E-state index is 0.0553. The number of carbonyl (C=O) groups is 4. The number of rotatable bonds is 15. The molecule has 0 spiro atoms. The lowest BCUT2D eigenvalue weighted by Gasteiger charge is -2.59. The van der Waals surface area contributed by atoms with Crippen LogP contribution in [0.2, 0.25) is 0 Å². The van der Waals surface area contributed by atoms with Gasteiger partial charge in [0.25, 0.3) is 0 Å². The van der Waals surface area contributed by atoms with Gasteiger partial charge in [-0.15, -0.1) is 0 Å². The van der Waals surface area contributed by atoms with Crippen LogP contribution in [-0.2, 0) is 27.4 Å². The summed E-state index contributed by atoms with van der Waals surface area (Å²) in [6.45, 7) is 11.2. The lowest BCUT2D eigenvalue weighted by molar-refractivity contribution is -0.183. The standard InChI is InChI=1S/C65H74F2N6O15/c1-32-20-44-39-13-8-35-21-38(74)14-15-63(35,4)51(39)47(75)24-64(44,5)65(32,83)50(76)31-86-61(81)43-28-73(37-11-12-37)53-41(57(43)78)23-46(67)55(59(53)85-7)71-19-17-69(34(3)26-71)30-49-48(87-62(82)88-49)29-68-16-18-70(25-33(68)2)54-45(66)22-40-52(58(54)84-6)72(36-9-10-36)27-42(56(40)77)60(79)80/h14-15,21-23,27-28,32-34,36-37,39,44,47,51,75,83H,8-13,16-20,24-26,29-31H2,1-7H3,(H,79,80)/t32-,33?,34?,39?,44?,47?,51?,63?,64?,65+/m1/s1. The monoisotopic (exact) mass is 1220 g/mol. The Hall–Kier alpha value is -7.47. The van der Waals surface area contributed by atoms with E-state index in [9.17, 15) is 48.9 Å². The summed E-state index contributed by atoms with van der Waals surface area (Å²) in [7, 11) is 2.79. The molecule has 5 saturated carbocycles. The first-order chi connectivity index (χ1) is 41.9. The molecule has 2 aliphatic heterocycles. The maximum Gasteiger partial charge on any atom is 0.519 e. The topological polar surface area (TPSA) is 257 Å².